The van der Waals surface area contributed by atoms with Crippen molar-refractivity contribution < 1.29 is 23.7 Å². The fraction of sp³-hybridized carbons (Fsp3) is 0.500. The van der Waals surface area contributed by atoms with Gasteiger partial charge in [0.1, 0.15) is 11.6 Å². The molecule has 1 saturated heterocycles. The molecule has 4 aromatic rings. The number of nitrogens with zero attached hydrogens (tertiary/aromatic N) is 4. The summed E-state index contributed by atoms with van der Waals surface area (Å²) in [4.78, 5) is 20.7. The molecule has 2 atom stereocenters. The van der Waals surface area contributed by atoms with Crippen molar-refractivity contribution in [3.05, 3.63) is 64.8 Å². The first kappa shape index (κ1) is 34.2. The largest absolute Gasteiger partial charge is 0.490 e. The fourth-order valence-corrected chi connectivity index (χ4v) is 6.86. The van der Waals surface area contributed by atoms with Gasteiger partial charge in [0.05, 0.1) is 35.7 Å². The average Bonchev–Trinajstić information content (AvgIpc) is 3.46. The highest BCUT2D eigenvalue weighted by Crippen LogP contribution is 2.40. The van der Waals surface area contributed by atoms with E-state index in [1.54, 1.807) is 0 Å². The zero-order valence-electron chi connectivity index (χ0n) is 29.1. The van der Waals surface area contributed by atoms with E-state index in [1.807, 2.05) is 68.6 Å². The van der Waals surface area contributed by atoms with Gasteiger partial charge in [0.2, 0.25) is 0 Å². The van der Waals surface area contributed by atoms with Crippen LogP contribution in [0.4, 0.5) is 5.82 Å². The van der Waals surface area contributed by atoms with Crippen molar-refractivity contribution in [3.8, 4) is 28.1 Å². The minimum Gasteiger partial charge on any atom is -0.490 e. The molecule has 2 aromatic heterocycles. The Kier molecular flexibility index (Phi) is 9.76. The Labute approximate surface area is 288 Å². The molecule has 6 bridgehead atoms. The van der Waals surface area contributed by atoms with Crippen molar-refractivity contribution in [2.75, 3.05) is 31.7 Å². The maximum atomic E-state index is 13.4. The number of hydrogen-bond donors (Lipinski definition) is 0. The molecule has 0 radical (unpaired) electrons. The Balaban J connectivity index is 1.54. The summed E-state index contributed by atoms with van der Waals surface area (Å²) in [6, 6.07) is 16.1. The van der Waals surface area contributed by atoms with E-state index in [4.69, 9.17) is 40.6 Å². The van der Waals surface area contributed by atoms with Crippen LogP contribution in [0.5, 0.6) is 5.75 Å². The van der Waals surface area contributed by atoms with Gasteiger partial charge in [-0.1, -0.05) is 29.8 Å². The van der Waals surface area contributed by atoms with E-state index in [0.29, 0.717) is 28.5 Å². The zero-order chi connectivity index (χ0) is 34.2. The van der Waals surface area contributed by atoms with Crippen LogP contribution in [0.3, 0.4) is 0 Å². The number of aromatic nitrogens is 3. The number of benzene rings is 2. The third kappa shape index (κ3) is 7.33. The van der Waals surface area contributed by atoms with Crippen LogP contribution in [0.2, 0.25) is 5.02 Å². The summed E-state index contributed by atoms with van der Waals surface area (Å²) < 4.78 is 26.6. The summed E-state index contributed by atoms with van der Waals surface area (Å²) in [5.74, 6) is 1.07. The number of carbonyl (C=O) groups is 1. The minimum absolute atomic E-state index is 0.0197. The van der Waals surface area contributed by atoms with Crippen molar-refractivity contribution in [3.63, 3.8) is 0 Å². The molecule has 2 aromatic carbocycles. The predicted molar refractivity (Wildman–Crippen MR) is 189 cm³/mol. The molecule has 2 unspecified atom stereocenters. The van der Waals surface area contributed by atoms with Crippen LogP contribution in [0.25, 0.3) is 28.0 Å². The molecule has 10 heteroatoms. The number of piperidine rings is 1. The first-order chi connectivity index (χ1) is 22.8. The van der Waals surface area contributed by atoms with Gasteiger partial charge in [0.25, 0.3) is 0 Å². The fourth-order valence-electron chi connectivity index (χ4n) is 6.69. The summed E-state index contributed by atoms with van der Waals surface area (Å²) in [6.45, 7) is 14.2. The lowest BCUT2D eigenvalue weighted by atomic mass is 9.92. The second-order valence-electron chi connectivity index (χ2n) is 14.3. The number of ether oxygens (including phenoxy) is 4. The van der Waals surface area contributed by atoms with Gasteiger partial charge in [-0.3, -0.25) is 0 Å². The number of anilines is 1. The molecular formula is C38H47ClN4O5. The molecule has 3 aliphatic rings. The molecule has 0 aliphatic carbocycles. The highest BCUT2D eigenvalue weighted by atomic mass is 35.5. The highest BCUT2D eigenvalue weighted by molar-refractivity contribution is 6.30. The molecule has 0 spiro atoms. The van der Waals surface area contributed by atoms with E-state index < -0.39 is 17.7 Å². The van der Waals surface area contributed by atoms with Crippen LogP contribution < -0.4 is 9.64 Å². The standard InChI is InChI=1S/C38H47ClN4O5/c1-24-11-8-9-20-46-38(6)16-18-42(19-17-38)35-33(34(36(44)45-7)48-37(3,4)5)25(2)40-32-23-30(41-43(32)35)27-13-10-12-26(21-27)29-15-14-28(39)22-31(29)47-24/h10,12-15,21-24,34H,8-9,11,16-20H2,1-7H3. The number of esters is 1. The summed E-state index contributed by atoms with van der Waals surface area (Å²) >= 11 is 6.45. The molecule has 0 N–H and O–H groups in total. The number of methoxy groups -OCH3 is 1. The van der Waals surface area contributed by atoms with Gasteiger partial charge in [-0.25, -0.2) is 9.78 Å². The number of aryl methyl sites for hydroxylation is 1. The highest BCUT2D eigenvalue weighted by Gasteiger charge is 2.38. The van der Waals surface area contributed by atoms with Crippen LogP contribution in [0, 0.1) is 6.92 Å². The van der Waals surface area contributed by atoms with E-state index in [1.165, 1.54) is 7.11 Å². The van der Waals surface area contributed by atoms with Crippen LogP contribution in [-0.2, 0) is 19.0 Å². The van der Waals surface area contributed by atoms with E-state index >= 15 is 0 Å². The monoisotopic (exact) mass is 674 g/mol. The quantitative estimate of drug-likeness (QED) is 0.200. The van der Waals surface area contributed by atoms with Gasteiger partial charge in [-0.05, 0) is 103 Å². The Morgan fingerprint density at radius 1 is 1.08 bits per heavy atom. The average molecular weight is 675 g/mol. The molecule has 0 amide bonds. The first-order valence-corrected chi connectivity index (χ1v) is 17.3. The molecule has 9 nitrogen and oxygen atoms in total. The predicted octanol–water partition coefficient (Wildman–Crippen LogP) is 8.38. The summed E-state index contributed by atoms with van der Waals surface area (Å²) in [7, 11) is 1.39. The Morgan fingerprint density at radius 3 is 2.56 bits per heavy atom. The van der Waals surface area contributed by atoms with Gasteiger partial charge >= 0.3 is 5.97 Å². The Morgan fingerprint density at radius 2 is 1.83 bits per heavy atom. The molecule has 0 saturated carbocycles. The number of halogens is 1. The molecule has 48 heavy (non-hydrogen) atoms. The maximum absolute atomic E-state index is 13.4. The lowest BCUT2D eigenvalue weighted by Crippen LogP contribution is -2.46. The van der Waals surface area contributed by atoms with Gasteiger partial charge < -0.3 is 23.8 Å². The number of hydrogen-bond acceptors (Lipinski definition) is 8. The lowest BCUT2D eigenvalue weighted by Gasteiger charge is -2.41. The number of rotatable bonds is 3. The van der Waals surface area contributed by atoms with Crippen molar-refractivity contribution >= 4 is 29.0 Å². The van der Waals surface area contributed by atoms with E-state index in [9.17, 15) is 4.79 Å². The van der Waals surface area contributed by atoms with E-state index in [2.05, 4.69) is 30.9 Å². The summed E-state index contributed by atoms with van der Waals surface area (Å²) in [5, 5.41) is 5.79. The van der Waals surface area contributed by atoms with E-state index in [-0.39, 0.29) is 11.7 Å². The molecule has 3 aliphatic heterocycles. The third-order valence-electron chi connectivity index (χ3n) is 9.27. The van der Waals surface area contributed by atoms with Crippen LogP contribution >= 0.6 is 11.6 Å². The molecule has 7 rings (SSSR count). The van der Waals surface area contributed by atoms with Gasteiger partial charge in [-0.15, -0.1) is 0 Å². The summed E-state index contributed by atoms with van der Waals surface area (Å²) in [6.07, 6.45) is 3.54. The summed E-state index contributed by atoms with van der Waals surface area (Å²) in [5.41, 5.74) is 4.82. The van der Waals surface area contributed by atoms with E-state index in [0.717, 1.165) is 79.1 Å². The van der Waals surface area contributed by atoms with Gasteiger partial charge in [0.15, 0.2) is 11.8 Å². The van der Waals surface area contributed by atoms with Crippen molar-refractivity contribution in [2.45, 2.75) is 97.1 Å². The second kappa shape index (κ2) is 13.7. The second-order valence-corrected chi connectivity index (χ2v) is 14.7. The van der Waals surface area contributed by atoms with Gasteiger partial charge in [0, 0.05) is 47.6 Å². The van der Waals surface area contributed by atoms with Crippen LogP contribution in [-0.4, -0.2) is 64.7 Å². The van der Waals surface area contributed by atoms with Crippen LogP contribution in [0.15, 0.2) is 48.5 Å². The zero-order valence-corrected chi connectivity index (χ0v) is 29.9. The molecular weight excluding hydrogens is 628 g/mol. The maximum Gasteiger partial charge on any atom is 0.339 e. The Bertz CT molecular complexity index is 1790. The van der Waals surface area contributed by atoms with Crippen molar-refractivity contribution in [1.29, 1.82) is 0 Å². The molecule has 256 valence electrons. The smallest absolute Gasteiger partial charge is 0.339 e. The third-order valence-corrected chi connectivity index (χ3v) is 9.51. The number of fused-ring (bicyclic) bond motifs is 8. The normalized spacial score (nSPS) is 21.1. The first-order valence-electron chi connectivity index (χ1n) is 17.0. The molecule has 5 heterocycles. The Hall–Kier alpha value is -3.66. The molecule has 1 fully saturated rings. The topological polar surface area (TPSA) is 87.4 Å². The van der Waals surface area contributed by atoms with Crippen molar-refractivity contribution in [1.82, 2.24) is 14.6 Å². The van der Waals surface area contributed by atoms with Crippen LogP contribution in [0.1, 0.15) is 84.1 Å². The SMILES string of the molecule is COC(=O)C(OC(C)(C)C)c1c(C)nc2cc3nn2c1N1CCC(C)(CC1)OCCCCC(C)Oc1cc(Cl)ccc1-c1cccc-3c1. The number of carbonyl (C=O) groups excluding carboxylic acids is 1. The minimum atomic E-state index is -0.987. The van der Waals surface area contributed by atoms with Gasteiger partial charge in [-0.2, -0.15) is 9.61 Å². The lowest BCUT2D eigenvalue weighted by molar-refractivity contribution is -0.164. The van der Waals surface area contributed by atoms with Crippen molar-refractivity contribution in [2.24, 2.45) is 0 Å².